The molecular weight excluding hydrogens is 243 g/mol. The van der Waals surface area contributed by atoms with Crippen molar-refractivity contribution in [1.29, 1.82) is 0 Å². The summed E-state index contributed by atoms with van der Waals surface area (Å²) in [6, 6.07) is 6.51. The topological polar surface area (TPSA) is 27.8 Å². The van der Waals surface area contributed by atoms with Crippen LogP contribution in [0.5, 0.6) is 0 Å². The first-order chi connectivity index (χ1) is 7.72. The second-order valence-electron chi connectivity index (χ2n) is 4.30. The molecule has 0 spiro atoms. The van der Waals surface area contributed by atoms with Gasteiger partial charge in [0.05, 0.1) is 10.5 Å². The SMILES string of the molecule is Clc1cc(Cl)c2[nH]c(CNC3CC3)cc2c1. The molecule has 1 heterocycles. The molecular formula is C12H12Cl2N2. The Morgan fingerprint density at radius 1 is 1.25 bits per heavy atom. The Morgan fingerprint density at radius 3 is 2.81 bits per heavy atom. The van der Waals surface area contributed by atoms with Gasteiger partial charge in [0, 0.05) is 28.7 Å². The molecule has 0 bridgehead atoms. The van der Waals surface area contributed by atoms with E-state index in [0.717, 1.165) is 23.1 Å². The lowest BCUT2D eigenvalue weighted by Gasteiger charge is -1.98. The lowest BCUT2D eigenvalue weighted by molar-refractivity contribution is 0.678. The predicted molar refractivity (Wildman–Crippen MR) is 68.2 cm³/mol. The normalized spacial score (nSPS) is 15.9. The van der Waals surface area contributed by atoms with Crippen LogP contribution in [-0.4, -0.2) is 11.0 Å². The van der Waals surface area contributed by atoms with Gasteiger partial charge < -0.3 is 10.3 Å². The number of fused-ring (bicyclic) bond motifs is 1. The zero-order valence-corrected chi connectivity index (χ0v) is 10.2. The molecule has 84 valence electrons. The first kappa shape index (κ1) is 10.5. The number of halogens is 2. The van der Waals surface area contributed by atoms with Crippen molar-refractivity contribution in [1.82, 2.24) is 10.3 Å². The van der Waals surface area contributed by atoms with Gasteiger partial charge in [0.25, 0.3) is 0 Å². The maximum absolute atomic E-state index is 6.11. The van der Waals surface area contributed by atoms with Gasteiger partial charge in [-0.15, -0.1) is 0 Å². The van der Waals surface area contributed by atoms with Crippen LogP contribution >= 0.6 is 23.2 Å². The summed E-state index contributed by atoms with van der Waals surface area (Å²) in [5.41, 5.74) is 2.13. The summed E-state index contributed by atoms with van der Waals surface area (Å²) in [6.45, 7) is 0.868. The molecule has 1 aromatic heterocycles. The predicted octanol–water partition coefficient (Wildman–Crippen LogP) is 3.73. The van der Waals surface area contributed by atoms with E-state index in [0.29, 0.717) is 16.1 Å². The van der Waals surface area contributed by atoms with Crippen LogP contribution in [0, 0.1) is 0 Å². The summed E-state index contributed by atoms with van der Waals surface area (Å²) in [4.78, 5) is 3.32. The van der Waals surface area contributed by atoms with Crippen molar-refractivity contribution in [3.05, 3.63) is 33.9 Å². The minimum absolute atomic E-state index is 0.679. The summed E-state index contributed by atoms with van der Waals surface area (Å²) in [6.07, 6.45) is 2.60. The Kier molecular flexibility index (Phi) is 2.58. The number of nitrogens with one attached hydrogen (secondary N) is 2. The van der Waals surface area contributed by atoms with Gasteiger partial charge in [-0.3, -0.25) is 0 Å². The smallest absolute Gasteiger partial charge is 0.0661 e. The van der Waals surface area contributed by atoms with Gasteiger partial charge in [-0.2, -0.15) is 0 Å². The lowest BCUT2D eigenvalue weighted by atomic mass is 10.2. The summed E-state index contributed by atoms with van der Waals surface area (Å²) >= 11 is 12.1. The fraction of sp³-hybridized carbons (Fsp3) is 0.333. The number of aromatic amines is 1. The lowest BCUT2D eigenvalue weighted by Crippen LogP contribution is -2.15. The first-order valence-corrected chi connectivity index (χ1v) is 6.18. The van der Waals surface area contributed by atoms with Crippen molar-refractivity contribution in [2.45, 2.75) is 25.4 Å². The minimum atomic E-state index is 0.679. The van der Waals surface area contributed by atoms with Crippen LogP contribution in [0.25, 0.3) is 10.9 Å². The van der Waals surface area contributed by atoms with Gasteiger partial charge in [-0.1, -0.05) is 23.2 Å². The number of hydrogen-bond acceptors (Lipinski definition) is 1. The Bertz CT molecular complexity index is 529. The highest BCUT2D eigenvalue weighted by Gasteiger charge is 2.20. The summed E-state index contributed by atoms with van der Waals surface area (Å²) < 4.78 is 0. The van der Waals surface area contributed by atoms with Gasteiger partial charge >= 0.3 is 0 Å². The van der Waals surface area contributed by atoms with E-state index in [-0.39, 0.29) is 0 Å². The standard InChI is InChI=1S/C12H12Cl2N2/c13-8-3-7-4-10(6-15-9-1-2-9)16-12(7)11(14)5-8/h3-5,9,15-16H,1-2,6H2. The summed E-state index contributed by atoms with van der Waals surface area (Å²) in [5.74, 6) is 0. The molecule has 4 heteroatoms. The van der Waals surface area contributed by atoms with Gasteiger partial charge in [0.2, 0.25) is 0 Å². The average Bonchev–Trinajstić information content (AvgIpc) is 2.96. The molecule has 1 aliphatic carbocycles. The maximum Gasteiger partial charge on any atom is 0.0661 e. The molecule has 0 saturated heterocycles. The molecule has 16 heavy (non-hydrogen) atoms. The fourth-order valence-corrected chi connectivity index (χ4v) is 2.42. The molecule has 0 amide bonds. The van der Waals surface area contributed by atoms with Crippen molar-refractivity contribution in [3.8, 4) is 0 Å². The molecule has 2 aromatic rings. The van der Waals surface area contributed by atoms with E-state index in [1.54, 1.807) is 6.07 Å². The van der Waals surface area contributed by atoms with Gasteiger partial charge in [-0.05, 0) is 31.0 Å². The van der Waals surface area contributed by atoms with Gasteiger partial charge in [0.15, 0.2) is 0 Å². The highest BCUT2D eigenvalue weighted by atomic mass is 35.5. The van der Waals surface area contributed by atoms with Crippen LogP contribution in [0.15, 0.2) is 18.2 Å². The van der Waals surface area contributed by atoms with Crippen LogP contribution in [-0.2, 0) is 6.54 Å². The van der Waals surface area contributed by atoms with Crippen molar-refractivity contribution in [2.24, 2.45) is 0 Å². The van der Waals surface area contributed by atoms with Gasteiger partial charge in [-0.25, -0.2) is 0 Å². The monoisotopic (exact) mass is 254 g/mol. The van der Waals surface area contributed by atoms with Crippen molar-refractivity contribution in [2.75, 3.05) is 0 Å². The maximum atomic E-state index is 6.11. The Hall–Kier alpha value is -0.700. The van der Waals surface area contributed by atoms with Crippen molar-refractivity contribution >= 4 is 34.1 Å². The minimum Gasteiger partial charge on any atom is -0.356 e. The quantitative estimate of drug-likeness (QED) is 0.859. The third-order valence-corrected chi connectivity index (χ3v) is 3.38. The van der Waals surface area contributed by atoms with E-state index in [1.165, 1.54) is 12.8 Å². The van der Waals surface area contributed by atoms with Crippen molar-refractivity contribution in [3.63, 3.8) is 0 Å². The Morgan fingerprint density at radius 2 is 2.06 bits per heavy atom. The highest BCUT2D eigenvalue weighted by Crippen LogP contribution is 2.28. The number of H-pyrrole nitrogens is 1. The number of benzene rings is 1. The van der Waals surface area contributed by atoms with E-state index in [2.05, 4.69) is 16.4 Å². The van der Waals surface area contributed by atoms with E-state index in [1.807, 2.05) is 6.07 Å². The average molecular weight is 255 g/mol. The summed E-state index contributed by atoms with van der Waals surface area (Å²) in [7, 11) is 0. The second kappa shape index (κ2) is 3.95. The molecule has 2 nitrogen and oxygen atoms in total. The van der Waals surface area contributed by atoms with E-state index in [9.17, 15) is 0 Å². The Labute approximate surface area is 104 Å². The van der Waals surface area contributed by atoms with Crippen molar-refractivity contribution < 1.29 is 0 Å². The zero-order valence-electron chi connectivity index (χ0n) is 8.69. The molecule has 2 N–H and O–H groups in total. The third-order valence-electron chi connectivity index (χ3n) is 2.86. The van der Waals surface area contributed by atoms with E-state index < -0.39 is 0 Å². The largest absolute Gasteiger partial charge is 0.356 e. The molecule has 1 fully saturated rings. The molecule has 0 aliphatic heterocycles. The molecule has 0 radical (unpaired) electrons. The van der Waals surface area contributed by atoms with Crippen LogP contribution < -0.4 is 5.32 Å². The van der Waals surface area contributed by atoms with Crippen LogP contribution in [0.4, 0.5) is 0 Å². The molecule has 1 aliphatic rings. The number of aromatic nitrogens is 1. The fourth-order valence-electron chi connectivity index (χ4n) is 1.86. The molecule has 0 unspecified atom stereocenters. The highest BCUT2D eigenvalue weighted by molar-refractivity contribution is 6.38. The van der Waals surface area contributed by atoms with E-state index >= 15 is 0 Å². The number of rotatable bonds is 3. The van der Waals surface area contributed by atoms with E-state index in [4.69, 9.17) is 23.2 Å². The van der Waals surface area contributed by atoms with Crippen LogP contribution in [0.3, 0.4) is 0 Å². The second-order valence-corrected chi connectivity index (χ2v) is 5.15. The zero-order chi connectivity index (χ0) is 11.1. The molecule has 3 rings (SSSR count). The molecule has 0 atom stereocenters. The first-order valence-electron chi connectivity index (χ1n) is 5.42. The van der Waals surface area contributed by atoms with Crippen LogP contribution in [0.2, 0.25) is 10.0 Å². The molecule has 1 saturated carbocycles. The summed E-state index contributed by atoms with van der Waals surface area (Å²) in [5, 5.41) is 5.89. The third kappa shape index (κ3) is 2.05. The number of hydrogen-bond donors (Lipinski definition) is 2. The van der Waals surface area contributed by atoms with Gasteiger partial charge in [0.1, 0.15) is 0 Å². The molecule has 1 aromatic carbocycles. The van der Waals surface area contributed by atoms with Crippen LogP contribution in [0.1, 0.15) is 18.5 Å². The Balaban J connectivity index is 1.91.